The summed E-state index contributed by atoms with van der Waals surface area (Å²) in [6, 6.07) is 3.90. The molecule has 2 N–H and O–H groups in total. The highest BCUT2D eigenvalue weighted by atomic mass is 32.2. The summed E-state index contributed by atoms with van der Waals surface area (Å²) < 4.78 is 4.67. The number of hydrogen-bond donors (Lipinski definition) is 2. The zero-order valence-corrected chi connectivity index (χ0v) is 17.8. The van der Waals surface area contributed by atoms with Gasteiger partial charge >= 0.3 is 0 Å². The third-order valence-corrected chi connectivity index (χ3v) is 5.15. The molecule has 0 radical (unpaired) electrons. The first-order chi connectivity index (χ1) is 12.3. The van der Waals surface area contributed by atoms with Gasteiger partial charge in [-0.2, -0.15) is 0 Å². The minimum Gasteiger partial charge on any atom is -0.507 e. The van der Waals surface area contributed by atoms with Gasteiger partial charge in [-0.3, -0.25) is 10.2 Å². The second-order valence-corrected chi connectivity index (χ2v) is 9.61. The first-order valence-electron chi connectivity index (χ1n) is 8.68. The molecule has 0 fully saturated rings. The smallest absolute Gasteiger partial charge is 0.286 e. The SMILES string of the molecule is CN(C(=O)CSc1cc(C(C)(C)C)c(O)c(C(C)(C)C)c1)[n+]1cc(=N)o[n-]1. The average Bonchev–Trinajstić information content (AvgIpc) is 2.97. The van der Waals surface area contributed by atoms with Crippen LogP contribution in [0.25, 0.3) is 0 Å². The molecule has 2 rings (SSSR count). The van der Waals surface area contributed by atoms with Crippen LogP contribution in [0.2, 0.25) is 0 Å². The van der Waals surface area contributed by atoms with Crippen LogP contribution < -0.4 is 20.6 Å². The molecule has 1 aromatic heterocycles. The molecule has 0 aliphatic rings. The lowest BCUT2D eigenvalue weighted by Gasteiger charge is -2.28. The summed E-state index contributed by atoms with van der Waals surface area (Å²) in [6.45, 7) is 12.3. The molecule has 148 valence electrons. The molecular formula is C19H28N4O3S. The lowest BCUT2D eigenvalue weighted by molar-refractivity contribution is -0.752. The van der Waals surface area contributed by atoms with Crippen molar-refractivity contribution in [1.82, 2.24) is 5.27 Å². The molecule has 0 unspecified atom stereocenters. The highest BCUT2D eigenvalue weighted by Gasteiger charge is 2.27. The quantitative estimate of drug-likeness (QED) is 0.614. The molecule has 7 nitrogen and oxygen atoms in total. The van der Waals surface area contributed by atoms with E-state index in [0.717, 1.165) is 16.0 Å². The topological polar surface area (TPSA) is 95.5 Å². The Kier molecular flexibility index (Phi) is 5.79. The van der Waals surface area contributed by atoms with Crippen LogP contribution in [0.3, 0.4) is 0 Å². The van der Waals surface area contributed by atoms with Gasteiger partial charge in [0.15, 0.2) is 0 Å². The van der Waals surface area contributed by atoms with Gasteiger partial charge in [-0.05, 0) is 35.3 Å². The summed E-state index contributed by atoms with van der Waals surface area (Å²) in [5.74, 6) is 0.340. The molecule has 0 saturated heterocycles. The third kappa shape index (κ3) is 4.94. The number of thioether (sulfide) groups is 1. The Balaban J connectivity index is 2.28. The molecule has 0 aliphatic heterocycles. The first kappa shape index (κ1) is 21.1. The van der Waals surface area contributed by atoms with Crippen molar-refractivity contribution in [3.05, 3.63) is 35.0 Å². The zero-order chi connectivity index (χ0) is 20.6. The highest BCUT2D eigenvalue weighted by Crippen LogP contribution is 2.41. The van der Waals surface area contributed by atoms with E-state index in [1.165, 1.54) is 27.8 Å². The van der Waals surface area contributed by atoms with Gasteiger partial charge < -0.3 is 9.63 Å². The first-order valence-corrected chi connectivity index (χ1v) is 9.67. The van der Waals surface area contributed by atoms with Gasteiger partial charge in [0.2, 0.25) is 5.91 Å². The van der Waals surface area contributed by atoms with E-state index in [-0.39, 0.29) is 28.0 Å². The summed E-state index contributed by atoms with van der Waals surface area (Å²) in [4.78, 5) is 14.6. The molecule has 0 aliphatic carbocycles. The van der Waals surface area contributed by atoms with Crippen molar-refractivity contribution < 1.29 is 19.2 Å². The normalized spacial score (nSPS) is 12.3. The summed E-state index contributed by atoms with van der Waals surface area (Å²) in [6.07, 6.45) is 1.32. The minimum absolute atomic E-state index is 0.120. The molecule has 0 saturated carbocycles. The molecule has 0 spiro atoms. The van der Waals surface area contributed by atoms with Crippen LogP contribution >= 0.6 is 11.8 Å². The summed E-state index contributed by atoms with van der Waals surface area (Å²) in [5.41, 5.74) is 1.17. The van der Waals surface area contributed by atoms with Crippen LogP contribution in [0.4, 0.5) is 0 Å². The maximum Gasteiger partial charge on any atom is 0.286 e. The zero-order valence-electron chi connectivity index (χ0n) is 17.0. The molecule has 8 heteroatoms. The Morgan fingerprint density at radius 1 is 1.22 bits per heavy atom. The largest absolute Gasteiger partial charge is 0.507 e. The van der Waals surface area contributed by atoms with Crippen molar-refractivity contribution >= 4 is 17.7 Å². The molecule has 1 aromatic carbocycles. The van der Waals surface area contributed by atoms with E-state index in [0.29, 0.717) is 5.75 Å². The van der Waals surface area contributed by atoms with Crippen LogP contribution in [0, 0.1) is 5.41 Å². The molecule has 1 amide bonds. The highest BCUT2D eigenvalue weighted by molar-refractivity contribution is 8.00. The fraction of sp³-hybridized carbons (Fsp3) is 0.526. The Morgan fingerprint density at radius 3 is 2.15 bits per heavy atom. The fourth-order valence-electron chi connectivity index (χ4n) is 2.57. The number of rotatable bonds is 4. The number of aromatic hydroxyl groups is 1. The summed E-state index contributed by atoms with van der Waals surface area (Å²) >= 11 is 1.41. The number of phenols is 1. The third-order valence-electron chi connectivity index (χ3n) is 4.19. The summed E-state index contributed by atoms with van der Waals surface area (Å²) in [5, 5.41) is 23.0. The van der Waals surface area contributed by atoms with Gasteiger partial charge in [-0.15, -0.1) is 11.8 Å². The predicted molar refractivity (Wildman–Crippen MR) is 103 cm³/mol. The van der Waals surface area contributed by atoms with Gasteiger partial charge in [-0.25, -0.2) is 5.01 Å². The number of nitrogens with zero attached hydrogens (tertiary/aromatic N) is 3. The van der Waals surface area contributed by atoms with Crippen molar-refractivity contribution in [2.45, 2.75) is 57.3 Å². The van der Waals surface area contributed by atoms with Crippen LogP contribution in [-0.4, -0.2) is 23.8 Å². The Morgan fingerprint density at radius 2 is 1.74 bits per heavy atom. The van der Waals surface area contributed by atoms with Gasteiger partial charge in [0.05, 0.1) is 5.75 Å². The monoisotopic (exact) mass is 392 g/mol. The van der Waals surface area contributed by atoms with Crippen molar-refractivity contribution in [3.8, 4) is 5.75 Å². The number of phenolic OH excluding ortho intramolecular Hbond substituents is 1. The lowest BCUT2D eigenvalue weighted by atomic mass is 9.79. The standard InChI is InChI=1S/C19H28N4O3S/c1-18(2,3)13-8-12(9-14(17(13)25)19(4,5)6)27-11-16(24)22(7)23-10-15(20)26-21-23/h8-10,20,25H,11H2,1-7H3. The number of nitrogens with one attached hydrogen (secondary N) is 1. The molecule has 0 bridgehead atoms. The Labute approximate surface area is 163 Å². The molecule has 1 heterocycles. The minimum atomic E-state index is -0.220. The molecule has 27 heavy (non-hydrogen) atoms. The maximum absolute atomic E-state index is 12.4. The summed E-state index contributed by atoms with van der Waals surface area (Å²) in [7, 11) is 1.57. The number of benzene rings is 1. The van der Waals surface area contributed by atoms with Crippen LogP contribution in [0.1, 0.15) is 52.7 Å². The number of hydrogen-bond acceptors (Lipinski definition) is 5. The van der Waals surface area contributed by atoms with E-state index < -0.39 is 0 Å². The Bertz CT molecular complexity index is 852. The van der Waals surface area contributed by atoms with E-state index in [1.807, 2.05) is 12.1 Å². The van der Waals surface area contributed by atoms with Crippen molar-refractivity contribution in [3.63, 3.8) is 0 Å². The van der Waals surface area contributed by atoms with Crippen LogP contribution in [0.15, 0.2) is 27.7 Å². The molecular weight excluding hydrogens is 364 g/mol. The predicted octanol–water partition coefficient (Wildman–Crippen LogP) is 2.19. The lowest BCUT2D eigenvalue weighted by Crippen LogP contribution is -2.61. The van der Waals surface area contributed by atoms with E-state index in [4.69, 9.17) is 5.41 Å². The van der Waals surface area contributed by atoms with Gasteiger partial charge in [0.1, 0.15) is 5.75 Å². The molecule has 0 atom stereocenters. The van der Waals surface area contributed by atoms with Crippen LogP contribution in [-0.2, 0) is 15.6 Å². The maximum atomic E-state index is 12.4. The van der Waals surface area contributed by atoms with Gasteiger partial charge in [0, 0.05) is 16.0 Å². The van der Waals surface area contributed by atoms with Crippen molar-refractivity contribution in [1.29, 1.82) is 5.41 Å². The number of carbonyl (C=O) groups excluding carboxylic acids is 1. The van der Waals surface area contributed by atoms with E-state index in [2.05, 4.69) is 51.3 Å². The van der Waals surface area contributed by atoms with E-state index in [1.54, 1.807) is 7.05 Å². The Hall–Kier alpha value is -2.22. The number of amides is 1. The fourth-order valence-corrected chi connectivity index (χ4v) is 3.45. The second-order valence-electron chi connectivity index (χ2n) is 8.56. The van der Waals surface area contributed by atoms with Gasteiger partial charge in [-0.1, -0.05) is 46.3 Å². The second kappa shape index (κ2) is 7.42. The van der Waals surface area contributed by atoms with E-state index in [9.17, 15) is 9.90 Å². The van der Waals surface area contributed by atoms with Crippen molar-refractivity contribution in [2.24, 2.45) is 0 Å². The van der Waals surface area contributed by atoms with E-state index >= 15 is 0 Å². The average molecular weight is 393 g/mol. The van der Waals surface area contributed by atoms with Crippen molar-refractivity contribution in [2.75, 3.05) is 17.8 Å². The number of aromatic nitrogens is 2. The molecule has 2 aromatic rings. The van der Waals surface area contributed by atoms with Crippen LogP contribution in [0.5, 0.6) is 5.75 Å². The van der Waals surface area contributed by atoms with Gasteiger partial charge in [0.25, 0.3) is 11.8 Å². The number of carbonyl (C=O) groups is 1.